The van der Waals surface area contributed by atoms with E-state index in [1.165, 1.54) is 321 Å². The number of rotatable bonds is 68. The Bertz CT molecular complexity index is 1590. The zero-order chi connectivity index (χ0) is 66.6. The van der Waals surface area contributed by atoms with Gasteiger partial charge in [-0.1, -0.05) is 373 Å². The van der Waals surface area contributed by atoms with Gasteiger partial charge in [0, 0.05) is 6.42 Å². The van der Waals surface area contributed by atoms with Gasteiger partial charge in [0.05, 0.1) is 32.0 Å². The van der Waals surface area contributed by atoms with E-state index < -0.39 is 86.8 Å². The first-order chi connectivity index (χ1) is 45.1. The van der Waals surface area contributed by atoms with Gasteiger partial charge in [0.2, 0.25) is 5.91 Å². The number of allylic oxidation sites excluding steroid dienone is 1. The summed E-state index contributed by atoms with van der Waals surface area (Å²) < 4.78 is 22.9. The Hall–Kier alpha value is -1.27. The van der Waals surface area contributed by atoms with E-state index in [1.54, 1.807) is 6.08 Å². The van der Waals surface area contributed by atoms with Gasteiger partial charge in [-0.25, -0.2) is 0 Å². The number of amides is 1. The van der Waals surface area contributed by atoms with E-state index in [9.17, 15) is 45.6 Å². The van der Waals surface area contributed by atoms with Crippen LogP contribution in [-0.2, 0) is 23.7 Å². The minimum Gasteiger partial charge on any atom is -0.394 e. The summed E-state index contributed by atoms with van der Waals surface area (Å²) in [7, 11) is 0. The molecule has 2 heterocycles. The van der Waals surface area contributed by atoms with Crippen LogP contribution in [0.5, 0.6) is 0 Å². The van der Waals surface area contributed by atoms with Gasteiger partial charge < -0.3 is 65.1 Å². The highest BCUT2D eigenvalue weighted by molar-refractivity contribution is 5.76. The molecule has 2 saturated heterocycles. The van der Waals surface area contributed by atoms with E-state index in [1.807, 2.05) is 6.08 Å². The van der Waals surface area contributed by atoms with Crippen LogP contribution >= 0.6 is 0 Å². The lowest BCUT2D eigenvalue weighted by Crippen LogP contribution is -2.65. The van der Waals surface area contributed by atoms with E-state index in [4.69, 9.17) is 18.9 Å². The summed E-state index contributed by atoms with van der Waals surface area (Å²) in [5.74, 6) is -0.230. The Morgan fingerprint density at radius 2 is 0.674 bits per heavy atom. The second-order valence-electron chi connectivity index (χ2n) is 28.6. The monoisotopic (exact) mass is 1310 g/mol. The Morgan fingerprint density at radius 3 is 1.00 bits per heavy atom. The van der Waals surface area contributed by atoms with Crippen LogP contribution in [0.1, 0.15) is 386 Å². The van der Waals surface area contributed by atoms with Gasteiger partial charge in [0.15, 0.2) is 12.6 Å². The zero-order valence-corrected chi connectivity index (χ0v) is 59.8. The normalized spacial score (nSPS) is 22.6. The molecular weight excluding hydrogens is 1160 g/mol. The van der Waals surface area contributed by atoms with E-state index >= 15 is 0 Å². The maximum atomic E-state index is 13.4. The number of unbranched alkanes of at least 4 members (excludes halogenated alkanes) is 55. The number of carbonyl (C=O) groups excluding carboxylic acids is 1. The highest BCUT2D eigenvalue weighted by Gasteiger charge is 2.51. The second kappa shape index (κ2) is 63.2. The molecule has 2 aliphatic rings. The molecule has 546 valence electrons. The van der Waals surface area contributed by atoms with Gasteiger partial charge in [-0.05, 0) is 19.3 Å². The van der Waals surface area contributed by atoms with Crippen molar-refractivity contribution in [3.8, 4) is 0 Å². The molecule has 12 unspecified atom stereocenters. The molecule has 0 aromatic carbocycles. The maximum Gasteiger partial charge on any atom is 0.220 e. The molecule has 0 radical (unpaired) electrons. The molecule has 0 bridgehead atoms. The average Bonchev–Trinajstić information content (AvgIpc) is 0.868. The van der Waals surface area contributed by atoms with Crippen LogP contribution in [0.3, 0.4) is 0 Å². The summed E-state index contributed by atoms with van der Waals surface area (Å²) in [4.78, 5) is 13.4. The van der Waals surface area contributed by atoms with Crippen molar-refractivity contribution in [3.63, 3.8) is 0 Å². The first kappa shape index (κ1) is 86.8. The van der Waals surface area contributed by atoms with Crippen LogP contribution in [-0.4, -0.2) is 140 Å². The number of aliphatic hydroxyl groups is 8. The average molecular weight is 1310 g/mol. The van der Waals surface area contributed by atoms with E-state index in [0.717, 1.165) is 44.9 Å². The largest absolute Gasteiger partial charge is 0.394 e. The van der Waals surface area contributed by atoms with Crippen molar-refractivity contribution in [2.45, 2.75) is 460 Å². The molecule has 9 N–H and O–H groups in total. The number of aliphatic hydroxyl groups excluding tert-OH is 8. The number of carbonyl (C=O) groups is 1. The SMILES string of the molecule is CCCCCCCCCCCCCCCCCCC/C=C/C(O)C(COC1OC(CO)C(OC2OC(CO)C(O)C(O)C2O)C(O)C1O)NC(=O)CCCCCCCCCCCCCCCCCCCCCCCCCCCCCCCCCCCCCCCCC. The lowest BCUT2D eigenvalue weighted by molar-refractivity contribution is -0.359. The number of hydrogen-bond acceptors (Lipinski definition) is 13. The van der Waals surface area contributed by atoms with Crippen LogP contribution in [0.2, 0.25) is 0 Å². The third-order valence-electron chi connectivity index (χ3n) is 20.0. The van der Waals surface area contributed by atoms with Gasteiger partial charge in [0.1, 0.15) is 48.8 Å². The molecule has 2 aliphatic heterocycles. The first-order valence-electron chi connectivity index (χ1n) is 39.9. The van der Waals surface area contributed by atoms with Crippen LogP contribution in [0.25, 0.3) is 0 Å². The van der Waals surface area contributed by atoms with Crippen LogP contribution in [0.15, 0.2) is 12.2 Å². The Kier molecular flexibility index (Phi) is 59.6. The minimum absolute atomic E-state index is 0.230. The van der Waals surface area contributed by atoms with Gasteiger partial charge >= 0.3 is 0 Å². The van der Waals surface area contributed by atoms with Crippen molar-refractivity contribution < 1.29 is 64.6 Å². The molecule has 0 aromatic heterocycles. The van der Waals surface area contributed by atoms with E-state index in [-0.39, 0.29) is 18.9 Å². The fourth-order valence-corrected chi connectivity index (χ4v) is 13.7. The predicted octanol–water partition coefficient (Wildman–Crippen LogP) is 17.7. The lowest BCUT2D eigenvalue weighted by atomic mass is 9.97. The molecule has 14 heteroatoms. The van der Waals surface area contributed by atoms with Crippen molar-refractivity contribution >= 4 is 5.91 Å². The molecule has 0 aliphatic carbocycles. The third-order valence-corrected chi connectivity index (χ3v) is 20.0. The van der Waals surface area contributed by atoms with Crippen molar-refractivity contribution in [2.75, 3.05) is 19.8 Å². The Balaban J connectivity index is 1.55. The van der Waals surface area contributed by atoms with Crippen LogP contribution in [0.4, 0.5) is 0 Å². The van der Waals surface area contributed by atoms with Gasteiger partial charge in [-0.15, -0.1) is 0 Å². The molecule has 0 saturated carbocycles. The Morgan fingerprint density at radius 1 is 0.380 bits per heavy atom. The van der Waals surface area contributed by atoms with Crippen LogP contribution < -0.4 is 5.32 Å². The summed E-state index contributed by atoms with van der Waals surface area (Å²) in [6, 6.07) is -0.911. The van der Waals surface area contributed by atoms with Crippen molar-refractivity contribution in [1.82, 2.24) is 5.32 Å². The summed E-state index contributed by atoms with van der Waals surface area (Å²) >= 11 is 0. The summed E-state index contributed by atoms with van der Waals surface area (Å²) in [5, 5.41) is 87.5. The molecular formula is C78H151NO13. The smallest absolute Gasteiger partial charge is 0.220 e. The van der Waals surface area contributed by atoms with Gasteiger partial charge in [-0.2, -0.15) is 0 Å². The van der Waals surface area contributed by atoms with Crippen LogP contribution in [0, 0.1) is 0 Å². The Labute approximate surface area is 565 Å². The van der Waals surface area contributed by atoms with E-state index in [0.29, 0.717) is 0 Å². The molecule has 1 amide bonds. The van der Waals surface area contributed by atoms with Crippen molar-refractivity contribution in [3.05, 3.63) is 12.2 Å². The number of ether oxygens (including phenoxy) is 4. The van der Waals surface area contributed by atoms with Gasteiger partial charge in [-0.3, -0.25) is 4.79 Å². The fourth-order valence-electron chi connectivity index (χ4n) is 13.7. The highest BCUT2D eigenvalue weighted by atomic mass is 16.7. The molecule has 0 aromatic rings. The summed E-state index contributed by atoms with van der Waals surface area (Å²) in [6.07, 6.45) is 63.1. The second-order valence-corrected chi connectivity index (χ2v) is 28.6. The quantitative estimate of drug-likeness (QED) is 0.0204. The molecule has 0 spiro atoms. The topological polar surface area (TPSA) is 228 Å². The van der Waals surface area contributed by atoms with Crippen molar-refractivity contribution in [1.29, 1.82) is 0 Å². The molecule has 12 atom stereocenters. The number of hydrogen-bond donors (Lipinski definition) is 9. The minimum atomic E-state index is -1.79. The highest BCUT2D eigenvalue weighted by Crippen LogP contribution is 2.30. The van der Waals surface area contributed by atoms with E-state index in [2.05, 4.69) is 19.2 Å². The number of nitrogens with one attached hydrogen (secondary N) is 1. The van der Waals surface area contributed by atoms with Crippen molar-refractivity contribution in [2.24, 2.45) is 0 Å². The zero-order valence-electron chi connectivity index (χ0n) is 59.8. The first-order valence-corrected chi connectivity index (χ1v) is 39.9. The maximum absolute atomic E-state index is 13.4. The molecule has 14 nitrogen and oxygen atoms in total. The summed E-state index contributed by atoms with van der Waals surface area (Å²) in [6.45, 7) is 2.87. The predicted molar refractivity (Wildman–Crippen MR) is 379 cm³/mol. The fraction of sp³-hybridized carbons (Fsp3) is 0.962. The lowest BCUT2D eigenvalue weighted by Gasteiger charge is -2.46. The standard InChI is InChI=1S/C78H151NO13/c1-3-5-7-9-11-13-15-17-19-21-23-24-25-26-27-28-29-30-31-32-33-34-35-36-37-38-39-40-41-42-44-46-48-50-52-54-56-58-60-62-70(83)79-66(67(82)61-59-57-55-53-51-49-47-45-43-22-20-18-16-14-12-10-8-6-4-2)65-89-77-75(88)73(86)76(69(64-81)91-77)92-78-74(87)72(85)71(84)68(63-80)90-78/h59,61,66-69,71-78,80-82,84-88H,3-58,60,62-65H2,1-2H3,(H,79,83)/b61-59+. The molecule has 92 heavy (non-hydrogen) atoms. The van der Waals surface area contributed by atoms with Gasteiger partial charge in [0.25, 0.3) is 0 Å². The molecule has 2 fully saturated rings. The third kappa shape index (κ3) is 46.1. The molecule has 2 rings (SSSR count). The summed E-state index contributed by atoms with van der Waals surface area (Å²) in [5.41, 5.74) is 0.